The van der Waals surface area contributed by atoms with Gasteiger partial charge in [0, 0.05) is 10.7 Å². The molecule has 1 aromatic rings. The number of quaternary nitrogens is 1. The second kappa shape index (κ2) is 6.43. The molecule has 3 amide bonds. The summed E-state index contributed by atoms with van der Waals surface area (Å²) in [4.78, 5) is 30.1. The number of urea groups is 1. The Balaban J connectivity index is 1.37. The van der Waals surface area contributed by atoms with Crippen LogP contribution in [0.2, 0.25) is 5.02 Å². The molecule has 26 heavy (non-hydrogen) atoms. The van der Waals surface area contributed by atoms with Crippen LogP contribution in [0.15, 0.2) is 18.2 Å². The number of nitrogens with zero attached hydrogens (tertiary/aromatic N) is 2. The van der Waals surface area contributed by atoms with Gasteiger partial charge in [-0.3, -0.25) is 4.79 Å². The Morgan fingerprint density at radius 2 is 1.96 bits per heavy atom. The third-order valence-corrected chi connectivity index (χ3v) is 6.29. The molecule has 140 valence electrons. The van der Waals surface area contributed by atoms with Gasteiger partial charge < -0.3 is 15.1 Å². The van der Waals surface area contributed by atoms with Crippen molar-refractivity contribution in [3.8, 4) is 0 Å². The average molecular weight is 378 g/mol. The van der Waals surface area contributed by atoms with Crippen molar-refractivity contribution in [1.82, 2.24) is 10.2 Å². The van der Waals surface area contributed by atoms with Gasteiger partial charge in [0.2, 0.25) is 0 Å². The third kappa shape index (κ3) is 3.05. The van der Waals surface area contributed by atoms with Crippen LogP contribution < -0.4 is 15.1 Å². The first-order valence-electron chi connectivity index (χ1n) is 9.37. The van der Waals surface area contributed by atoms with Crippen molar-refractivity contribution in [3.05, 3.63) is 28.8 Å². The normalized spacial score (nSPS) is 27.2. The van der Waals surface area contributed by atoms with Crippen molar-refractivity contribution in [2.45, 2.75) is 32.2 Å². The number of amides is 3. The van der Waals surface area contributed by atoms with Gasteiger partial charge in [-0.1, -0.05) is 17.7 Å². The summed E-state index contributed by atoms with van der Waals surface area (Å²) in [6, 6.07) is 5.74. The Morgan fingerprint density at radius 3 is 2.62 bits per heavy atom. The summed E-state index contributed by atoms with van der Waals surface area (Å²) < 4.78 is 0. The highest BCUT2D eigenvalue weighted by Gasteiger charge is 2.56. The smallest absolute Gasteiger partial charge is 0.329 e. The number of rotatable bonds is 4. The van der Waals surface area contributed by atoms with Crippen molar-refractivity contribution in [2.24, 2.45) is 5.92 Å². The van der Waals surface area contributed by atoms with E-state index in [1.54, 1.807) is 0 Å². The number of piperazine rings is 1. The highest BCUT2D eigenvalue weighted by atomic mass is 35.5. The van der Waals surface area contributed by atoms with Crippen LogP contribution in [0.25, 0.3) is 0 Å². The number of halogens is 1. The molecule has 2 aliphatic heterocycles. The predicted octanol–water partition coefficient (Wildman–Crippen LogP) is 1.03. The van der Waals surface area contributed by atoms with Crippen LogP contribution in [0.4, 0.5) is 10.5 Å². The molecule has 0 radical (unpaired) electrons. The van der Waals surface area contributed by atoms with E-state index in [0.29, 0.717) is 12.6 Å². The summed E-state index contributed by atoms with van der Waals surface area (Å²) in [5.41, 5.74) is 1.70. The maximum atomic E-state index is 12.8. The summed E-state index contributed by atoms with van der Waals surface area (Å²) in [5.74, 6) is 0.257. The van der Waals surface area contributed by atoms with E-state index in [9.17, 15) is 9.59 Å². The Morgan fingerprint density at radius 1 is 1.27 bits per heavy atom. The van der Waals surface area contributed by atoms with Gasteiger partial charge in [-0.05, 0) is 50.3 Å². The van der Waals surface area contributed by atoms with E-state index in [4.69, 9.17) is 11.6 Å². The standard InChI is InChI=1S/C19H25ClN4O2/c1-13-3-6-15(20)11-16(13)23-9-7-22(8-10-23)12-24-17(25)19(2,14-4-5-14)21-18(24)26/h3,6,11,14H,4-5,7-10,12H2,1-2H3,(H,21,26)/p+1/t19-/m0/s1. The minimum atomic E-state index is -0.684. The molecule has 1 aromatic carbocycles. The molecular weight excluding hydrogens is 352 g/mol. The number of nitrogens with one attached hydrogen (secondary N) is 2. The second-order valence-corrected chi connectivity index (χ2v) is 8.40. The highest BCUT2D eigenvalue weighted by Crippen LogP contribution is 2.42. The molecule has 0 aromatic heterocycles. The number of benzene rings is 1. The largest absolute Gasteiger partial charge is 0.360 e. The number of aryl methyl sites for hydroxylation is 1. The van der Waals surface area contributed by atoms with Crippen LogP contribution >= 0.6 is 11.6 Å². The zero-order valence-electron chi connectivity index (χ0n) is 15.3. The van der Waals surface area contributed by atoms with Crippen LogP contribution in [0.1, 0.15) is 25.3 Å². The van der Waals surface area contributed by atoms with Gasteiger partial charge in [0.1, 0.15) is 5.54 Å². The Bertz CT molecular complexity index is 743. The second-order valence-electron chi connectivity index (χ2n) is 7.97. The molecular formula is C19H26ClN4O2+. The number of carbonyl (C=O) groups excluding carboxylic acids is 2. The SMILES string of the molecule is Cc1ccc(Cl)cc1N1CC[NH+](CN2C(=O)N[C@@](C)(C3CC3)C2=O)CC1. The average Bonchev–Trinajstić information content (AvgIpc) is 3.44. The van der Waals surface area contributed by atoms with Crippen molar-refractivity contribution < 1.29 is 14.5 Å². The molecule has 3 fully saturated rings. The first-order valence-corrected chi connectivity index (χ1v) is 9.75. The third-order valence-electron chi connectivity index (χ3n) is 6.06. The summed E-state index contributed by atoms with van der Waals surface area (Å²) in [6.07, 6.45) is 2.06. The minimum absolute atomic E-state index is 0.0504. The molecule has 6 nitrogen and oxygen atoms in total. The molecule has 1 aliphatic carbocycles. The zero-order chi connectivity index (χ0) is 18.5. The van der Waals surface area contributed by atoms with Gasteiger partial charge in [0.05, 0.1) is 26.2 Å². The molecule has 0 bridgehead atoms. The fraction of sp³-hybridized carbons (Fsp3) is 0.579. The molecule has 3 aliphatic rings. The molecule has 0 unspecified atom stereocenters. The summed E-state index contributed by atoms with van der Waals surface area (Å²) in [5, 5.41) is 3.68. The summed E-state index contributed by atoms with van der Waals surface area (Å²) in [6.45, 7) is 7.98. The number of imide groups is 1. The molecule has 2 heterocycles. The predicted molar refractivity (Wildman–Crippen MR) is 100 cm³/mol. The number of anilines is 1. The fourth-order valence-electron chi connectivity index (χ4n) is 4.17. The Labute approximate surface area is 159 Å². The lowest BCUT2D eigenvalue weighted by Crippen LogP contribution is -3.16. The first-order chi connectivity index (χ1) is 12.4. The molecule has 2 N–H and O–H groups in total. The molecule has 1 saturated carbocycles. The van der Waals surface area contributed by atoms with Gasteiger partial charge in [-0.15, -0.1) is 0 Å². The number of hydrogen-bond acceptors (Lipinski definition) is 3. The topological polar surface area (TPSA) is 57.1 Å². The Hall–Kier alpha value is -1.79. The fourth-order valence-corrected chi connectivity index (χ4v) is 4.33. The van der Waals surface area contributed by atoms with Crippen LogP contribution in [0.5, 0.6) is 0 Å². The summed E-state index contributed by atoms with van der Waals surface area (Å²) in [7, 11) is 0. The number of carbonyl (C=O) groups is 2. The van der Waals surface area contributed by atoms with Crippen LogP contribution in [0, 0.1) is 12.8 Å². The van der Waals surface area contributed by atoms with Gasteiger partial charge in [0.15, 0.2) is 6.67 Å². The Kier molecular flexibility index (Phi) is 4.35. The van der Waals surface area contributed by atoms with E-state index < -0.39 is 5.54 Å². The van der Waals surface area contributed by atoms with Gasteiger partial charge in [0.25, 0.3) is 5.91 Å². The van der Waals surface area contributed by atoms with Crippen molar-refractivity contribution in [1.29, 1.82) is 0 Å². The first kappa shape index (κ1) is 17.6. The highest BCUT2D eigenvalue weighted by molar-refractivity contribution is 6.30. The van der Waals surface area contributed by atoms with E-state index in [0.717, 1.165) is 44.0 Å². The van der Waals surface area contributed by atoms with Gasteiger partial charge in [-0.2, -0.15) is 0 Å². The van der Waals surface area contributed by atoms with E-state index in [2.05, 4.69) is 17.1 Å². The molecule has 0 spiro atoms. The zero-order valence-corrected chi connectivity index (χ0v) is 16.1. The molecule has 4 rings (SSSR count). The lowest BCUT2D eigenvalue weighted by molar-refractivity contribution is -0.907. The summed E-state index contributed by atoms with van der Waals surface area (Å²) >= 11 is 6.15. The van der Waals surface area contributed by atoms with Crippen molar-refractivity contribution >= 4 is 29.2 Å². The van der Waals surface area contributed by atoms with E-state index in [1.165, 1.54) is 21.1 Å². The molecule has 2 saturated heterocycles. The van der Waals surface area contributed by atoms with Crippen LogP contribution in [-0.4, -0.2) is 55.2 Å². The van der Waals surface area contributed by atoms with E-state index >= 15 is 0 Å². The maximum absolute atomic E-state index is 12.8. The molecule has 1 atom stereocenters. The lowest BCUT2D eigenvalue weighted by atomic mass is 9.96. The maximum Gasteiger partial charge on any atom is 0.329 e. The van der Waals surface area contributed by atoms with Crippen molar-refractivity contribution in [2.75, 3.05) is 37.7 Å². The monoisotopic (exact) mass is 377 g/mol. The van der Waals surface area contributed by atoms with Crippen LogP contribution in [-0.2, 0) is 4.79 Å². The van der Waals surface area contributed by atoms with Crippen molar-refractivity contribution in [3.63, 3.8) is 0 Å². The minimum Gasteiger partial charge on any atom is -0.360 e. The quantitative estimate of drug-likeness (QED) is 0.771. The lowest BCUT2D eigenvalue weighted by Gasteiger charge is -2.35. The van der Waals surface area contributed by atoms with E-state index in [1.807, 2.05) is 25.1 Å². The van der Waals surface area contributed by atoms with Crippen LogP contribution in [0.3, 0.4) is 0 Å². The number of hydrogen-bond donors (Lipinski definition) is 2. The van der Waals surface area contributed by atoms with Gasteiger partial charge in [-0.25, -0.2) is 9.69 Å². The molecule has 7 heteroatoms. The van der Waals surface area contributed by atoms with E-state index in [-0.39, 0.29) is 11.9 Å². The van der Waals surface area contributed by atoms with Gasteiger partial charge >= 0.3 is 6.03 Å².